The lowest BCUT2D eigenvalue weighted by Gasteiger charge is -2.15. The van der Waals surface area contributed by atoms with Gasteiger partial charge in [-0.2, -0.15) is 0 Å². The van der Waals surface area contributed by atoms with E-state index >= 15 is 0 Å². The molecule has 5 nitrogen and oxygen atoms in total. The summed E-state index contributed by atoms with van der Waals surface area (Å²) in [5.74, 6) is 1.90. The summed E-state index contributed by atoms with van der Waals surface area (Å²) in [6, 6.07) is 19.9. The first kappa shape index (κ1) is 36.8. The van der Waals surface area contributed by atoms with Crippen molar-refractivity contribution in [3.05, 3.63) is 168 Å². The van der Waals surface area contributed by atoms with Gasteiger partial charge in [0.05, 0.1) is 22.3 Å². The van der Waals surface area contributed by atoms with Gasteiger partial charge in [-0.15, -0.1) is 0 Å². The van der Waals surface area contributed by atoms with E-state index in [9.17, 15) is 0 Å². The number of fused-ring (bicyclic) bond motifs is 3. The van der Waals surface area contributed by atoms with Gasteiger partial charge >= 0.3 is 0 Å². The zero-order valence-electron chi connectivity index (χ0n) is 30.6. The molecule has 2 aliphatic rings. The summed E-state index contributed by atoms with van der Waals surface area (Å²) >= 11 is 0. The van der Waals surface area contributed by atoms with Crippen LogP contribution in [0.15, 0.2) is 140 Å². The topological polar surface area (TPSA) is 82.8 Å². The molecule has 0 saturated carbocycles. The monoisotopic (exact) mass is 673 g/mol. The molecule has 0 fully saturated rings. The third-order valence-corrected chi connectivity index (χ3v) is 9.01. The Balaban J connectivity index is 0.000000643. The highest BCUT2D eigenvalue weighted by atomic mass is 15.0. The SMILES string of the molecule is C=C/C(=C\C=C(/C)n1c2c(c3ccccc31)=CC(N)C(=C)C=2)c1cc(C(C)/C=C\C=C/C(C)C)nc(C2=CCC(C)C=C2)n1.Nc1ccccc1. The fourth-order valence-corrected chi connectivity index (χ4v) is 6.02. The first-order chi connectivity index (χ1) is 24.5. The Morgan fingerprint density at radius 3 is 2.37 bits per heavy atom. The number of rotatable bonds is 9. The third kappa shape index (κ3) is 9.19. The molecule has 5 heteroatoms. The Morgan fingerprint density at radius 1 is 0.980 bits per heavy atom. The third-order valence-electron chi connectivity index (χ3n) is 9.01. The zero-order valence-corrected chi connectivity index (χ0v) is 30.6. The number of para-hydroxylation sites is 2. The molecule has 0 bridgehead atoms. The van der Waals surface area contributed by atoms with E-state index in [-0.39, 0.29) is 12.0 Å². The van der Waals surface area contributed by atoms with Crippen molar-refractivity contribution in [2.75, 3.05) is 5.73 Å². The van der Waals surface area contributed by atoms with E-state index < -0.39 is 0 Å². The lowest BCUT2D eigenvalue weighted by atomic mass is 9.97. The molecule has 2 aliphatic carbocycles. The lowest BCUT2D eigenvalue weighted by molar-refractivity contribution is 0.737. The quantitative estimate of drug-likeness (QED) is 0.137. The second-order valence-corrected chi connectivity index (χ2v) is 13.6. The highest BCUT2D eigenvalue weighted by Crippen LogP contribution is 2.27. The number of aromatic nitrogens is 3. The first-order valence-electron chi connectivity index (χ1n) is 17.8. The van der Waals surface area contributed by atoms with Crippen molar-refractivity contribution in [3.63, 3.8) is 0 Å². The number of hydrogen-bond donors (Lipinski definition) is 2. The van der Waals surface area contributed by atoms with Crippen LogP contribution in [0.5, 0.6) is 0 Å². The second kappa shape index (κ2) is 16.9. The van der Waals surface area contributed by atoms with Crippen LogP contribution in [0.2, 0.25) is 0 Å². The minimum absolute atomic E-state index is 0.117. The van der Waals surface area contributed by atoms with E-state index in [0.717, 1.165) is 67.8 Å². The van der Waals surface area contributed by atoms with Gasteiger partial charge in [-0.1, -0.05) is 138 Å². The molecule has 0 radical (unpaired) electrons. The first-order valence-corrected chi connectivity index (χ1v) is 17.8. The van der Waals surface area contributed by atoms with Crippen molar-refractivity contribution in [3.8, 4) is 0 Å². The maximum absolute atomic E-state index is 6.34. The molecule has 6 rings (SSSR count). The van der Waals surface area contributed by atoms with Crippen molar-refractivity contribution in [1.29, 1.82) is 0 Å². The maximum atomic E-state index is 6.34. The van der Waals surface area contributed by atoms with E-state index in [4.69, 9.17) is 21.4 Å². The van der Waals surface area contributed by atoms with Crippen molar-refractivity contribution < 1.29 is 0 Å². The molecule has 2 aromatic carbocycles. The number of nitrogens with two attached hydrogens (primary N) is 2. The van der Waals surface area contributed by atoms with E-state index in [0.29, 0.717) is 11.8 Å². The van der Waals surface area contributed by atoms with Crippen LogP contribution >= 0.6 is 0 Å². The Morgan fingerprint density at radius 2 is 1.71 bits per heavy atom. The van der Waals surface area contributed by atoms with Crippen molar-refractivity contribution in [2.45, 2.75) is 53.0 Å². The van der Waals surface area contributed by atoms with Gasteiger partial charge in [0.2, 0.25) is 0 Å². The molecule has 3 unspecified atom stereocenters. The average Bonchev–Trinajstić information content (AvgIpc) is 3.44. The van der Waals surface area contributed by atoms with Crippen LogP contribution in [0.25, 0.3) is 39.9 Å². The molecule has 0 amide bonds. The predicted molar refractivity (Wildman–Crippen MR) is 221 cm³/mol. The molecule has 0 aliphatic heterocycles. The Labute approximate surface area is 303 Å². The van der Waals surface area contributed by atoms with Crippen molar-refractivity contribution >= 4 is 45.6 Å². The Hall–Kier alpha value is -5.52. The number of nitrogen functional groups attached to an aromatic ring is 1. The molecule has 4 N–H and O–H groups in total. The van der Waals surface area contributed by atoms with Crippen LogP contribution < -0.4 is 22.0 Å². The van der Waals surface area contributed by atoms with Crippen LogP contribution in [0, 0.1) is 11.8 Å². The number of allylic oxidation sites excluding steroid dienone is 13. The summed E-state index contributed by atoms with van der Waals surface area (Å²) in [5, 5.41) is 3.43. The molecular formula is C46H51N5. The molecule has 4 aromatic rings. The number of hydrogen-bond acceptors (Lipinski definition) is 4. The van der Waals surface area contributed by atoms with Gasteiger partial charge in [0, 0.05) is 39.5 Å². The number of anilines is 1. The van der Waals surface area contributed by atoms with Gasteiger partial charge in [-0.25, -0.2) is 9.97 Å². The van der Waals surface area contributed by atoms with E-state index in [2.05, 4.69) is 150 Å². The minimum Gasteiger partial charge on any atom is -0.399 e. The zero-order chi connectivity index (χ0) is 36.5. The summed E-state index contributed by atoms with van der Waals surface area (Å²) in [6.07, 6.45) is 26.6. The molecule has 0 spiro atoms. The maximum Gasteiger partial charge on any atom is 0.159 e. The Bertz CT molecular complexity index is 2200. The predicted octanol–water partition coefficient (Wildman–Crippen LogP) is 9.14. The fourth-order valence-electron chi connectivity index (χ4n) is 6.02. The summed E-state index contributed by atoms with van der Waals surface area (Å²) in [5.41, 5.74) is 19.5. The largest absolute Gasteiger partial charge is 0.399 e. The molecule has 51 heavy (non-hydrogen) atoms. The van der Waals surface area contributed by atoms with E-state index in [1.165, 1.54) is 5.39 Å². The van der Waals surface area contributed by atoms with Gasteiger partial charge in [0.25, 0.3) is 0 Å². The van der Waals surface area contributed by atoms with E-state index in [1.807, 2.05) is 36.4 Å². The van der Waals surface area contributed by atoms with Gasteiger partial charge in [-0.05, 0) is 72.7 Å². The normalized spacial score (nSPS) is 18.3. The number of nitrogens with zero attached hydrogens (tertiary/aromatic N) is 3. The fraction of sp³-hybridized carbons (Fsp3) is 0.217. The van der Waals surface area contributed by atoms with Gasteiger partial charge < -0.3 is 16.0 Å². The van der Waals surface area contributed by atoms with Gasteiger partial charge in [0.1, 0.15) is 0 Å². The van der Waals surface area contributed by atoms with Crippen LogP contribution in [0.3, 0.4) is 0 Å². The smallest absolute Gasteiger partial charge is 0.159 e. The van der Waals surface area contributed by atoms with Crippen LogP contribution in [-0.4, -0.2) is 20.6 Å². The summed E-state index contributed by atoms with van der Waals surface area (Å²) < 4.78 is 2.28. The van der Waals surface area contributed by atoms with E-state index in [1.54, 1.807) is 0 Å². The molecule has 2 aromatic heterocycles. The second-order valence-electron chi connectivity index (χ2n) is 13.6. The highest BCUT2D eigenvalue weighted by Gasteiger charge is 2.16. The number of benzene rings is 2. The summed E-state index contributed by atoms with van der Waals surface area (Å²) in [7, 11) is 0. The van der Waals surface area contributed by atoms with Crippen LogP contribution in [0.1, 0.15) is 64.2 Å². The summed E-state index contributed by atoms with van der Waals surface area (Å²) in [6.45, 7) is 19.2. The van der Waals surface area contributed by atoms with Crippen LogP contribution in [-0.2, 0) is 0 Å². The minimum atomic E-state index is -0.180. The lowest BCUT2D eigenvalue weighted by Crippen LogP contribution is -2.37. The molecular weight excluding hydrogens is 623 g/mol. The van der Waals surface area contributed by atoms with Crippen LogP contribution in [0.4, 0.5) is 5.69 Å². The molecule has 0 saturated heterocycles. The van der Waals surface area contributed by atoms with Crippen molar-refractivity contribution in [2.24, 2.45) is 17.6 Å². The van der Waals surface area contributed by atoms with Gasteiger partial charge in [0.15, 0.2) is 5.82 Å². The Kier molecular flexibility index (Phi) is 12.2. The average molecular weight is 674 g/mol. The molecule has 2 heterocycles. The van der Waals surface area contributed by atoms with Gasteiger partial charge in [-0.3, -0.25) is 0 Å². The van der Waals surface area contributed by atoms with Crippen molar-refractivity contribution in [1.82, 2.24) is 14.5 Å². The molecule has 260 valence electrons. The molecule has 3 atom stereocenters. The summed E-state index contributed by atoms with van der Waals surface area (Å²) in [4.78, 5) is 10.1. The standard InChI is InChI=1S/C40H44N4.C6H7N/c1-8-31(22-19-30(7)44-38-16-12-11-15-33(38)34-24-35(41)29(6)23-39(34)44)37-25-36(28(5)14-10-9-13-26(2)3)42-40(43-37)32-20-17-27(4)18-21-32;7-6-4-2-1-3-5-6/h8-17,19-28,35H,1,6,18,41H2,2-5,7H3;1-5H,7H2/b13-9-,14-10-,30-19+,31-22+;. The highest BCUT2D eigenvalue weighted by molar-refractivity contribution is 5.87.